The van der Waals surface area contributed by atoms with Gasteiger partial charge in [0.1, 0.15) is 0 Å². The number of carbonyl (C=O) groups is 1. The molecule has 66 valence electrons. The van der Waals surface area contributed by atoms with E-state index in [1.165, 1.54) is 0 Å². The van der Waals surface area contributed by atoms with Gasteiger partial charge in [0.15, 0.2) is 0 Å². The van der Waals surface area contributed by atoms with Crippen LogP contribution in [-0.4, -0.2) is 29.6 Å². The summed E-state index contributed by atoms with van der Waals surface area (Å²) < 4.78 is 0. The molecule has 0 heterocycles. The van der Waals surface area contributed by atoms with Crippen LogP contribution in [0.4, 0.5) is 0 Å². The first kappa shape index (κ1) is 10.8. The summed E-state index contributed by atoms with van der Waals surface area (Å²) >= 11 is 4.06. The summed E-state index contributed by atoms with van der Waals surface area (Å²) in [6, 6.07) is 0. The van der Waals surface area contributed by atoms with Gasteiger partial charge in [-0.15, -0.1) is 0 Å². The van der Waals surface area contributed by atoms with Crippen molar-refractivity contribution in [3.63, 3.8) is 0 Å². The van der Waals surface area contributed by atoms with Gasteiger partial charge in [-0.3, -0.25) is 4.79 Å². The van der Waals surface area contributed by atoms with Gasteiger partial charge in [-0.05, 0) is 13.3 Å². The summed E-state index contributed by atoms with van der Waals surface area (Å²) in [5.41, 5.74) is 0. The lowest BCUT2D eigenvalue weighted by Crippen LogP contribution is -2.32. The Balaban J connectivity index is 3.64. The summed E-state index contributed by atoms with van der Waals surface area (Å²) in [5, 5.41) is -0.170. The normalized spacial score (nSPS) is 12.7. The number of amides is 1. The fourth-order valence-electron chi connectivity index (χ4n) is 0.824. The van der Waals surface area contributed by atoms with Gasteiger partial charge in [0.2, 0.25) is 5.91 Å². The quantitative estimate of drug-likeness (QED) is 0.643. The summed E-state index contributed by atoms with van der Waals surface area (Å²) in [5.74, 6) is 0.113. The third kappa shape index (κ3) is 4.30. The second-order valence-corrected chi connectivity index (χ2v) is 3.56. The molecule has 1 amide bonds. The zero-order valence-corrected chi connectivity index (χ0v) is 8.40. The van der Waals surface area contributed by atoms with E-state index in [2.05, 4.69) is 19.6 Å². The second kappa shape index (κ2) is 5.47. The predicted octanol–water partition coefficient (Wildman–Crippen LogP) is 1.56. The van der Waals surface area contributed by atoms with Crippen molar-refractivity contribution in [1.29, 1.82) is 0 Å². The van der Waals surface area contributed by atoms with Crippen LogP contribution in [0.3, 0.4) is 0 Å². The minimum Gasteiger partial charge on any atom is -0.345 e. The van der Waals surface area contributed by atoms with Crippen LogP contribution in [0.1, 0.15) is 26.7 Å². The first-order chi connectivity index (χ1) is 5.09. The van der Waals surface area contributed by atoms with Gasteiger partial charge < -0.3 is 4.90 Å². The molecule has 1 unspecified atom stereocenters. The molecule has 0 saturated heterocycles. The van der Waals surface area contributed by atoms with Gasteiger partial charge in [0, 0.05) is 13.6 Å². The highest BCUT2D eigenvalue weighted by molar-refractivity contribution is 7.81. The number of hydrogen-bond acceptors (Lipinski definition) is 2. The van der Waals surface area contributed by atoms with E-state index in [9.17, 15) is 4.79 Å². The Morgan fingerprint density at radius 1 is 1.64 bits per heavy atom. The number of rotatable bonds is 4. The van der Waals surface area contributed by atoms with E-state index in [1.54, 1.807) is 11.8 Å². The van der Waals surface area contributed by atoms with Crippen molar-refractivity contribution in [2.75, 3.05) is 13.6 Å². The molecule has 0 spiro atoms. The largest absolute Gasteiger partial charge is 0.345 e. The molecule has 0 saturated carbocycles. The Bertz CT molecular complexity index is 125. The smallest absolute Gasteiger partial charge is 0.234 e. The number of nitrogens with zero attached hydrogens (tertiary/aromatic N) is 1. The zero-order valence-electron chi connectivity index (χ0n) is 7.50. The Morgan fingerprint density at radius 2 is 2.18 bits per heavy atom. The monoisotopic (exact) mass is 175 g/mol. The maximum absolute atomic E-state index is 11.2. The molecule has 0 aromatic rings. The zero-order chi connectivity index (χ0) is 8.85. The van der Waals surface area contributed by atoms with Crippen LogP contribution in [0.25, 0.3) is 0 Å². The van der Waals surface area contributed by atoms with Crippen LogP contribution in [-0.2, 0) is 4.79 Å². The van der Waals surface area contributed by atoms with E-state index < -0.39 is 0 Å². The Morgan fingerprint density at radius 3 is 2.55 bits per heavy atom. The summed E-state index contributed by atoms with van der Waals surface area (Å²) in [7, 11) is 1.82. The van der Waals surface area contributed by atoms with Crippen molar-refractivity contribution in [3.05, 3.63) is 0 Å². The highest BCUT2D eigenvalue weighted by Gasteiger charge is 2.11. The number of hydrogen-bond donors (Lipinski definition) is 1. The van der Waals surface area contributed by atoms with E-state index in [0.717, 1.165) is 19.4 Å². The van der Waals surface area contributed by atoms with E-state index in [1.807, 2.05) is 7.05 Å². The Labute approximate surface area is 74.4 Å². The molecule has 0 N–H and O–H groups in total. The van der Waals surface area contributed by atoms with Crippen molar-refractivity contribution in [2.45, 2.75) is 31.9 Å². The van der Waals surface area contributed by atoms with E-state index in [4.69, 9.17) is 0 Å². The average molecular weight is 175 g/mol. The maximum atomic E-state index is 11.2. The molecule has 0 aliphatic carbocycles. The molecule has 0 radical (unpaired) electrons. The van der Waals surface area contributed by atoms with Crippen LogP contribution in [0, 0.1) is 0 Å². The highest BCUT2D eigenvalue weighted by atomic mass is 32.1. The van der Waals surface area contributed by atoms with Gasteiger partial charge in [0.05, 0.1) is 5.25 Å². The minimum atomic E-state index is -0.170. The van der Waals surface area contributed by atoms with Crippen molar-refractivity contribution >= 4 is 18.5 Å². The van der Waals surface area contributed by atoms with Crippen LogP contribution < -0.4 is 0 Å². The van der Waals surface area contributed by atoms with Crippen molar-refractivity contribution < 1.29 is 4.79 Å². The van der Waals surface area contributed by atoms with E-state index in [0.29, 0.717) is 0 Å². The van der Waals surface area contributed by atoms with Gasteiger partial charge in [0.25, 0.3) is 0 Å². The standard InChI is InChI=1S/C8H17NOS/c1-4-5-6-9(3)8(10)7(2)11/h7,11H,4-6H2,1-3H3. The lowest BCUT2D eigenvalue weighted by molar-refractivity contribution is -0.129. The fourth-order valence-corrected chi connectivity index (χ4v) is 1.02. The molecule has 0 aromatic carbocycles. The molecular weight excluding hydrogens is 158 g/mol. The van der Waals surface area contributed by atoms with Gasteiger partial charge >= 0.3 is 0 Å². The van der Waals surface area contributed by atoms with Gasteiger partial charge in [-0.2, -0.15) is 12.6 Å². The SMILES string of the molecule is CCCCN(C)C(=O)C(C)S. The van der Waals surface area contributed by atoms with Gasteiger partial charge in [-0.1, -0.05) is 13.3 Å². The van der Waals surface area contributed by atoms with Crippen molar-refractivity contribution in [3.8, 4) is 0 Å². The van der Waals surface area contributed by atoms with Crippen LogP contribution >= 0.6 is 12.6 Å². The molecule has 11 heavy (non-hydrogen) atoms. The molecular formula is C8H17NOS. The van der Waals surface area contributed by atoms with E-state index >= 15 is 0 Å². The minimum absolute atomic E-state index is 0.113. The lowest BCUT2D eigenvalue weighted by Gasteiger charge is -2.18. The molecule has 0 aromatic heterocycles. The number of carbonyl (C=O) groups excluding carboxylic acids is 1. The Kier molecular flexibility index (Phi) is 5.38. The van der Waals surface area contributed by atoms with Crippen LogP contribution in [0.15, 0.2) is 0 Å². The molecule has 0 aliphatic rings. The molecule has 0 rings (SSSR count). The highest BCUT2D eigenvalue weighted by Crippen LogP contribution is 2.00. The molecule has 0 aliphatic heterocycles. The topological polar surface area (TPSA) is 20.3 Å². The fraction of sp³-hybridized carbons (Fsp3) is 0.875. The first-order valence-electron chi connectivity index (χ1n) is 4.02. The number of unbranched alkanes of at least 4 members (excludes halogenated alkanes) is 1. The van der Waals surface area contributed by atoms with Crippen LogP contribution in [0.2, 0.25) is 0 Å². The summed E-state index contributed by atoms with van der Waals surface area (Å²) in [6.07, 6.45) is 2.20. The maximum Gasteiger partial charge on any atom is 0.234 e. The lowest BCUT2D eigenvalue weighted by atomic mass is 10.3. The molecule has 2 nitrogen and oxygen atoms in total. The van der Waals surface area contributed by atoms with Crippen LogP contribution in [0.5, 0.6) is 0 Å². The molecule has 0 fully saturated rings. The summed E-state index contributed by atoms with van der Waals surface area (Å²) in [6.45, 7) is 4.76. The average Bonchev–Trinajstić information content (AvgIpc) is 1.98. The third-order valence-electron chi connectivity index (χ3n) is 1.58. The number of thiol groups is 1. The predicted molar refractivity (Wildman–Crippen MR) is 51.0 cm³/mol. The summed E-state index contributed by atoms with van der Waals surface area (Å²) in [4.78, 5) is 12.9. The Hall–Kier alpha value is -0.180. The molecule has 1 atom stereocenters. The molecule has 0 bridgehead atoms. The molecule has 3 heteroatoms. The second-order valence-electron chi connectivity index (χ2n) is 2.79. The third-order valence-corrected chi connectivity index (χ3v) is 1.80. The van der Waals surface area contributed by atoms with Crippen molar-refractivity contribution in [1.82, 2.24) is 4.90 Å². The van der Waals surface area contributed by atoms with Crippen molar-refractivity contribution in [2.24, 2.45) is 0 Å². The van der Waals surface area contributed by atoms with E-state index in [-0.39, 0.29) is 11.2 Å². The first-order valence-corrected chi connectivity index (χ1v) is 4.54. The van der Waals surface area contributed by atoms with Gasteiger partial charge in [-0.25, -0.2) is 0 Å².